The Balaban J connectivity index is 1.49. The van der Waals surface area contributed by atoms with Crippen LogP contribution in [-0.4, -0.2) is 49.2 Å². The quantitative estimate of drug-likeness (QED) is 0.438. The number of thiophene rings is 1. The van der Waals surface area contributed by atoms with Crippen LogP contribution in [0.2, 0.25) is 0 Å². The Labute approximate surface area is 173 Å². The number of halogens is 3. The first-order valence-corrected chi connectivity index (χ1v) is 9.61. The lowest BCUT2D eigenvalue weighted by molar-refractivity contribution is 0.116. The van der Waals surface area contributed by atoms with Crippen molar-refractivity contribution in [3.8, 4) is 22.0 Å². The molecule has 0 fully saturated rings. The van der Waals surface area contributed by atoms with E-state index in [-0.39, 0.29) is 23.7 Å². The largest absolute Gasteiger partial charge is 0.415 e. The molecule has 4 heterocycles. The molecule has 0 aliphatic rings. The molecule has 0 aliphatic heterocycles. The van der Waals surface area contributed by atoms with Crippen molar-refractivity contribution in [2.75, 3.05) is 14.1 Å². The van der Waals surface area contributed by atoms with Gasteiger partial charge >= 0.3 is 6.43 Å². The first-order chi connectivity index (χ1) is 14.4. The van der Waals surface area contributed by atoms with Gasteiger partial charge in [-0.25, -0.2) is 9.07 Å². The van der Waals surface area contributed by atoms with Crippen molar-refractivity contribution in [2.24, 2.45) is 0 Å². The van der Waals surface area contributed by atoms with E-state index in [2.05, 4.69) is 30.4 Å². The number of nitrogens with zero attached hydrogens (tertiary/aromatic N) is 7. The SMILES string of the molecule is CN(C)Cc1ccc(-c2cn(Cc3ncc(-c4nnc(C(F)F)o4)cc3F)nn2)s1. The van der Waals surface area contributed by atoms with E-state index in [1.807, 2.05) is 26.2 Å². The summed E-state index contributed by atoms with van der Waals surface area (Å²) in [5.74, 6) is -1.70. The number of alkyl halides is 2. The van der Waals surface area contributed by atoms with Crippen LogP contribution in [0.15, 0.2) is 35.0 Å². The standard InChI is InChI=1S/C18H16F3N7OS/c1-27(2)7-11-3-4-15(30-11)14-9-28(26-23-14)8-13-12(19)5-10(6-22-13)17-24-25-18(29-17)16(20)21/h3-6,9,16H,7-8H2,1-2H3. The van der Waals surface area contributed by atoms with E-state index in [9.17, 15) is 13.2 Å². The predicted molar refractivity (Wildman–Crippen MR) is 102 cm³/mol. The summed E-state index contributed by atoms with van der Waals surface area (Å²) in [7, 11) is 4.00. The minimum atomic E-state index is -2.90. The first kappa shape index (κ1) is 20.2. The molecule has 4 rings (SSSR count). The zero-order chi connectivity index (χ0) is 21.3. The Kier molecular flexibility index (Phi) is 5.59. The Morgan fingerprint density at radius 3 is 2.73 bits per heavy atom. The molecule has 0 saturated carbocycles. The number of hydrogen-bond donors (Lipinski definition) is 0. The van der Waals surface area contributed by atoms with Gasteiger partial charge in [0.1, 0.15) is 11.5 Å². The predicted octanol–water partition coefficient (Wildman–Crippen LogP) is 3.64. The van der Waals surface area contributed by atoms with Crippen molar-refractivity contribution in [1.29, 1.82) is 0 Å². The topological polar surface area (TPSA) is 85.8 Å². The van der Waals surface area contributed by atoms with Gasteiger partial charge in [-0.15, -0.1) is 26.6 Å². The van der Waals surface area contributed by atoms with Crippen LogP contribution in [0.3, 0.4) is 0 Å². The van der Waals surface area contributed by atoms with Gasteiger partial charge < -0.3 is 9.32 Å². The Morgan fingerprint density at radius 1 is 1.20 bits per heavy atom. The Bertz CT molecular complexity index is 1150. The van der Waals surface area contributed by atoms with Crippen molar-refractivity contribution >= 4 is 11.3 Å². The molecular formula is C18H16F3N7OS. The molecule has 4 aromatic heterocycles. The number of aromatic nitrogens is 6. The average molecular weight is 435 g/mol. The van der Waals surface area contributed by atoms with E-state index in [1.165, 1.54) is 15.8 Å². The van der Waals surface area contributed by atoms with Crippen LogP contribution >= 0.6 is 11.3 Å². The second-order valence-corrected chi connectivity index (χ2v) is 7.87. The maximum absolute atomic E-state index is 14.5. The van der Waals surface area contributed by atoms with Gasteiger partial charge in [-0.2, -0.15) is 8.78 Å². The van der Waals surface area contributed by atoms with Crippen LogP contribution in [0, 0.1) is 5.82 Å². The lowest BCUT2D eigenvalue weighted by Crippen LogP contribution is -2.09. The normalized spacial score (nSPS) is 11.7. The van der Waals surface area contributed by atoms with Crippen LogP contribution in [0.5, 0.6) is 0 Å². The van der Waals surface area contributed by atoms with Crippen LogP contribution < -0.4 is 0 Å². The van der Waals surface area contributed by atoms with Gasteiger partial charge in [0.2, 0.25) is 5.89 Å². The van der Waals surface area contributed by atoms with Crippen LogP contribution in [0.25, 0.3) is 22.0 Å². The number of pyridine rings is 1. The second kappa shape index (κ2) is 8.32. The highest BCUT2D eigenvalue weighted by Crippen LogP contribution is 2.27. The molecule has 30 heavy (non-hydrogen) atoms. The van der Waals surface area contributed by atoms with Crippen LogP contribution in [0.1, 0.15) is 22.9 Å². The van der Waals surface area contributed by atoms with Gasteiger partial charge in [0.25, 0.3) is 5.89 Å². The highest BCUT2D eigenvalue weighted by Gasteiger charge is 2.18. The van der Waals surface area contributed by atoms with Crippen LogP contribution in [-0.2, 0) is 13.1 Å². The third-order valence-corrected chi connectivity index (χ3v) is 5.12. The van der Waals surface area contributed by atoms with Gasteiger partial charge in [-0.05, 0) is 32.3 Å². The number of rotatable bonds is 7. The van der Waals surface area contributed by atoms with E-state index in [1.54, 1.807) is 17.5 Å². The molecule has 0 aliphatic carbocycles. The summed E-state index contributed by atoms with van der Waals surface area (Å²) in [6.07, 6.45) is 0.103. The van der Waals surface area contributed by atoms with Gasteiger partial charge in [0.05, 0.1) is 28.9 Å². The molecule has 0 bridgehead atoms. The molecule has 0 atom stereocenters. The lowest BCUT2D eigenvalue weighted by Gasteiger charge is -2.05. The molecule has 4 aromatic rings. The maximum atomic E-state index is 14.5. The van der Waals surface area contributed by atoms with E-state index >= 15 is 0 Å². The van der Waals surface area contributed by atoms with Crippen molar-refractivity contribution < 1.29 is 17.6 Å². The summed E-state index contributed by atoms with van der Waals surface area (Å²) in [6.45, 7) is 0.889. The molecule has 0 N–H and O–H groups in total. The molecule has 0 unspecified atom stereocenters. The van der Waals surface area contributed by atoms with Gasteiger partial charge in [0.15, 0.2) is 0 Å². The Morgan fingerprint density at radius 2 is 2.03 bits per heavy atom. The molecule has 0 radical (unpaired) electrons. The van der Waals surface area contributed by atoms with E-state index in [0.717, 1.165) is 17.5 Å². The molecule has 0 saturated heterocycles. The second-order valence-electron chi connectivity index (χ2n) is 6.70. The van der Waals surface area contributed by atoms with Gasteiger partial charge in [0, 0.05) is 17.6 Å². The van der Waals surface area contributed by atoms with Gasteiger partial charge in [-0.3, -0.25) is 4.98 Å². The highest BCUT2D eigenvalue weighted by molar-refractivity contribution is 7.15. The fourth-order valence-corrected chi connectivity index (χ4v) is 3.77. The first-order valence-electron chi connectivity index (χ1n) is 8.79. The van der Waals surface area contributed by atoms with Crippen molar-refractivity contribution in [3.63, 3.8) is 0 Å². The van der Waals surface area contributed by atoms with Crippen molar-refractivity contribution in [3.05, 3.63) is 52.9 Å². The lowest BCUT2D eigenvalue weighted by atomic mass is 10.2. The van der Waals surface area contributed by atoms with Crippen LogP contribution in [0.4, 0.5) is 13.2 Å². The molecule has 8 nitrogen and oxygen atoms in total. The smallest absolute Gasteiger partial charge is 0.314 e. The molecule has 156 valence electrons. The highest BCUT2D eigenvalue weighted by atomic mass is 32.1. The Hall–Kier alpha value is -3.12. The minimum absolute atomic E-state index is 0.0567. The summed E-state index contributed by atoms with van der Waals surface area (Å²) in [6, 6.07) is 5.12. The van der Waals surface area contributed by atoms with E-state index < -0.39 is 18.1 Å². The van der Waals surface area contributed by atoms with Crippen molar-refractivity contribution in [2.45, 2.75) is 19.5 Å². The third kappa shape index (κ3) is 4.39. The zero-order valence-electron chi connectivity index (χ0n) is 16.0. The molecule has 12 heteroatoms. The zero-order valence-corrected chi connectivity index (χ0v) is 16.8. The fourth-order valence-electron chi connectivity index (χ4n) is 2.69. The summed E-state index contributed by atoms with van der Waals surface area (Å²) in [4.78, 5) is 8.28. The van der Waals surface area contributed by atoms with E-state index in [0.29, 0.717) is 5.69 Å². The fraction of sp³-hybridized carbons (Fsp3) is 0.278. The minimum Gasteiger partial charge on any atom is -0.415 e. The monoisotopic (exact) mass is 435 g/mol. The van der Waals surface area contributed by atoms with Gasteiger partial charge in [-0.1, -0.05) is 5.21 Å². The summed E-state index contributed by atoms with van der Waals surface area (Å²) < 4.78 is 45.9. The third-order valence-electron chi connectivity index (χ3n) is 4.03. The molecular weight excluding hydrogens is 419 g/mol. The average Bonchev–Trinajstić information content (AvgIpc) is 3.43. The molecule has 0 spiro atoms. The van der Waals surface area contributed by atoms with E-state index in [4.69, 9.17) is 4.42 Å². The summed E-state index contributed by atoms with van der Waals surface area (Å²) in [5.41, 5.74) is 0.914. The maximum Gasteiger partial charge on any atom is 0.314 e. The molecule has 0 aromatic carbocycles. The number of hydrogen-bond acceptors (Lipinski definition) is 8. The molecule has 0 amide bonds. The summed E-state index contributed by atoms with van der Waals surface area (Å²) in [5, 5.41) is 14.9. The summed E-state index contributed by atoms with van der Waals surface area (Å²) >= 11 is 1.62. The van der Waals surface area contributed by atoms with Crippen molar-refractivity contribution in [1.82, 2.24) is 35.1 Å².